The molecule has 0 saturated heterocycles. The number of hydrogen-bond acceptors (Lipinski definition) is 3. The fraction of sp³-hybridized carbons (Fsp3) is 0.857. The molecular weight excluding hydrogens is 276 g/mol. The van der Waals surface area contributed by atoms with Crippen LogP contribution in [0.4, 0.5) is 4.79 Å². The van der Waals surface area contributed by atoms with Crippen LogP contribution in [0.15, 0.2) is 0 Å². The highest BCUT2D eigenvalue weighted by Gasteiger charge is 2.32. The first kappa shape index (κ1) is 15.5. The molecule has 2 aliphatic rings. The number of nitrogens with one attached hydrogen (secondary N) is 1. The number of hydrogen-bond donors (Lipinski definition) is 2. The second-order valence-corrected chi connectivity index (χ2v) is 6.90. The highest BCUT2D eigenvalue weighted by molar-refractivity contribution is 7.98. The average molecular weight is 300 g/mol. The summed E-state index contributed by atoms with van der Waals surface area (Å²) in [6.45, 7) is 1.58. The summed E-state index contributed by atoms with van der Waals surface area (Å²) in [6, 6.07) is -0.965. The van der Waals surface area contributed by atoms with Gasteiger partial charge >= 0.3 is 12.0 Å². The molecule has 0 aromatic rings. The van der Waals surface area contributed by atoms with Gasteiger partial charge in [-0.25, -0.2) is 9.59 Å². The van der Waals surface area contributed by atoms with Crippen LogP contribution in [-0.4, -0.2) is 53.1 Å². The van der Waals surface area contributed by atoms with Gasteiger partial charge in [0.25, 0.3) is 0 Å². The monoisotopic (exact) mass is 300 g/mol. The Balaban J connectivity index is 1.85. The van der Waals surface area contributed by atoms with Gasteiger partial charge in [-0.05, 0) is 55.9 Å². The van der Waals surface area contributed by atoms with Crippen molar-refractivity contribution in [3.05, 3.63) is 0 Å². The maximum absolute atomic E-state index is 12.3. The zero-order valence-electron chi connectivity index (χ0n) is 12.0. The topological polar surface area (TPSA) is 69.6 Å². The first-order valence-electron chi connectivity index (χ1n) is 7.37. The first-order valence-corrected chi connectivity index (χ1v) is 8.76. The summed E-state index contributed by atoms with van der Waals surface area (Å²) in [5.41, 5.74) is 0. The third kappa shape index (κ3) is 5.23. The van der Waals surface area contributed by atoms with Crippen LogP contribution in [0.2, 0.25) is 0 Å². The summed E-state index contributed by atoms with van der Waals surface area (Å²) in [5, 5.41) is 11.9. The minimum atomic E-state index is -0.940. The fourth-order valence-corrected chi connectivity index (χ4v) is 2.67. The van der Waals surface area contributed by atoms with Crippen molar-refractivity contribution in [1.29, 1.82) is 0 Å². The van der Waals surface area contributed by atoms with E-state index in [0.29, 0.717) is 18.3 Å². The number of urea groups is 1. The lowest BCUT2D eigenvalue weighted by atomic mass is 10.2. The van der Waals surface area contributed by atoms with Gasteiger partial charge in [-0.15, -0.1) is 0 Å². The van der Waals surface area contributed by atoms with E-state index in [2.05, 4.69) is 5.32 Å². The molecule has 0 aliphatic heterocycles. The minimum Gasteiger partial charge on any atom is -0.480 e. The SMILES string of the molecule is CSCC[C@H](NC(=O)N(CC1CC1)CC1CC1)C(=O)O. The van der Waals surface area contributed by atoms with E-state index in [0.717, 1.165) is 18.8 Å². The molecule has 2 rings (SSSR count). The summed E-state index contributed by atoms with van der Waals surface area (Å²) in [7, 11) is 0. The smallest absolute Gasteiger partial charge is 0.326 e. The van der Waals surface area contributed by atoms with Crippen molar-refractivity contribution in [2.75, 3.05) is 25.1 Å². The van der Waals surface area contributed by atoms with Crippen LogP contribution in [0.5, 0.6) is 0 Å². The largest absolute Gasteiger partial charge is 0.480 e. The van der Waals surface area contributed by atoms with E-state index in [9.17, 15) is 14.7 Å². The predicted octanol–water partition coefficient (Wildman–Crippen LogP) is 2.02. The highest BCUT2D eigenvalue weighted by atomic mass is 32.2. The molecule has 0 bridgehead atoms. The molecule has 0 heterocycles. The van der Waals surface area contributed by atoms with Gasteiger partial charge in [0, 0.05) is 13.1 Å². The number of carbonyl (C=O) groups is 2. The summed E-state index contributed by atoms with van der Waals surface area (Å²) in [4.78, 5) is 25.3. The van der Waals surface area contributed by atoms with Crippen molar-refractivity contribution < 1.29 is 14.7 Å². The molecule has 0 unspecified atom stereocenters. The Bertz CT molecular complexity index is 342. The van der Waals surface area contributed by atoms with Crippen LogP contribution >= 0.6 is 11.8 Å². The maximum atomic E-state index is 12.3. The van der Waals surface area contributed by atoms with Gasteiger partial charge in [-0.1, -0.05) is 0 Å². The van der Waals surface area contributed by atoms with Crippen molar-refractivity contribution in [3.8, 4) is 0 Å². The van der Waals surface area contributed by atoms with Gasteiger partial charge in [0.05, 0.1) is 0 Å². The van der Waals surface area contributed by atoms with Crippen molar-refractivity contribution in [3.63, 3.8) is 0 Å². The van der Waals surface area contributed by atoms with Crippen molar-refractivity contribution in [2.24, 2.45) is 11.8 Å². The van der Waals surface area contributed by atoms with Gasteiger partial charge in [0.1, 0.15) is 6.04 Å². The number of carboxylic acids is 1. The molecule has 2 aliphatic carbocycles. The van der Waals surface area contributed by atoms with Gasteiger partial charge < -0.3 is 15.3 Å². The van der Waals surface area contributed by atoms with Gasteiger partial charge in [0.2, 0.25) is 0 Å². The molecule has 114 valence electrons. The van der Waals surface area contributed by atoms with E-state index in [4.69, 9.17) is 0 Å². The molecule has 2 amide bonds. The maximum Gasteiger partial charge on any atom is 0.326 e. The summed E-state index contributed by atoms with van der Waals surface area (Å²) >= 11 is 1.60. The Kier molecular flexibility index (Phi) is 5.57. The van der Waals surface area contributed by atoms with Gasteiger partial charge in [0.15, 0.2) is 0 Å². The number of rotatable bonds is 9. The van der Waals surface area contributed by atoms with E-state index in [1.54, 1.807) is 11.8 Å². The zero-order chi connectivity index (χ0) is 14.5. The first-order chi connectivity index (χ1) is 9.60. The molecule has 5 nitrogen and oxygen atoms in total. The number of amides is 2. The number of carbonyl (C=O) groups excluding carboxylic acids is 1. The molecule has 1 atom stereocenters. The summed E-state index contributed by atoms with van der Waals surface area (Å²) in [6.07, 6.45) is 7.20. The molecule has 2 N–H and O–H groups in total. The molecular formula is C14H24N2O3S. The normalized spacial score (nSPS) is 19.4. The fourth-order valence-electron chi connectivity index (χ4n) is 2.20. The van der Waals surface area contributed by atoms with Crippen LogP contribution in [0.1, 0.15) is 32.1 Å². The lowest BCUT2D eigenvalue weighted by Gasteiger charge is -2.25. The molecule has 2 fully saturated rings. The highest BCUT2D eigenvalue weighted by Crippen LogP contribution is 2.33. The Hall–Kier alpha value is -0.910. The number of thioether (sulfide) groups is 1. The number of aliphatic carboxylic acids is 1. The Morgan fingerprint density at radius 1 is 1.25 bits per heavy atom. The van der Waals surface area contributed by atoms with E-state index >= 15 is 0 Å². The standard InChI is InChI=1S/C14H24N2O3S/c1-20-7-6-12(13(17)18)15-14(19)16(8-10-2-3-10)9-11-4-5-11/h10-12H,2-9H2,1H3,(H,15,19)(H,17,18)/t12-/m0/s1. The lowest BCUT2D eigenvalue weighted by molar-refractivity contribution is -0.139. The molecule has 0 spiro atoms. The second-order valence-electron chi connectivity index (χ2n) is 5.91. The van der Waals surface area contributed by atoms with E-state index < -0.39 is 12.0 Å². The second kappa shape index (κ2) is 7.20. The minimum absolute atomic E-state index is 0.197. The lowest BCUT2D eigenvalue weighted by Crippen LogP contribution is -2.49. The van der Waals surface area contributed by atoms with E-state index in [1.807, 2.05) is 11.2 Å². The predicted molar refractivity (Wildman–Crippen MR) is 80.0 cm³/mol. The van der Waals surface area contributed by atoms with Gasteiger partial charge in [-0.2, -0.15) is 11.8 Å². The number of carboxylic acid groups (broad SMARTS) is 1. The van der Waals surface area contributed by atoms with Crippen LogP contribution in [-0.2, 0) is 4.79 Å². The molecule has 0 aromatic carbocycles. The summed E-state index contributed by atoms with van der Waals surface area (Å²) < 4.78 is 0. The Morgan fingerprint density at radius 3 is 2.20 bits per heavy atom. The van der Waals surface area contributed by atoms with E-state index in [1.165, 1.54) is 25.7 Å². The molecule has 2 saturated carbocycles. The third-order valence-corrected chi connectivity index (χ3v) is 4.49. The third-order valence-electron chi connectivity index (χ3n) is 3.84. The quantitative estimate of drug-likeness (QED) is 0.683. The molecule has 0 aromatic heterocycles. The van der Waals surface area contributed by atoms with Crippen LogP contribution in [0, 0.1) is 11.8 Å². The molecule has 0 radical (unpaired) electrons. The Labute approximate surface area is 124 Å². The van der Waals surface area contributed by atoms with Crippen LogP contribution < -0.4 is 5.32 Å². The van der Waals surface area contributed by atoms with Crippen molar-refractivity contribution in [2.45, 2.75) is 38.1 Å². The number of nitrogens with zero attached hydrogens (tertiary/aromatic N) is 1. The molecule has 20 heavy (non-hydrogen) atoms. The van der Waals surface area contributed by atoms with Gasteiger partial charge in [-0.3, -0.25) is 0 Å². The molecule has 6 heteroatoms. The Morgan fingerprint density at radius 2 is 1.80 bits per heavy atom. The summed E-state index contributed by atoms with van der Waals surface area (Å²) in [5.74, 6) is 1.07. The van der Waals surface area contributed by atoms with E-state index in [-0.39, 0.29) is 6.03 Å². The van der Waals surface area contributed by atoms with Crippen LogP contribution in [0.25, 0.3) is 0 Å². The zero-order valence-corrected chi connectivity index (χ0v) is 12.8. The van der Waals surface area contributed by atoms with Crippen molar-refractivity contribution in [1.82, 2.24) is 10.2 Å². The van der Waals surface area contributed by atoms with Crippen molar-refractivity contribution >= 4 is 23.8 Å². The average Bonchev–Trinajstić information content (AvgIpc) is 3.27. The van der Waals surface area contributed by atoms with Crippen LogP contribution in [0.3, 0.4) is 0 Å².